The van der Waals surface area contributed by atoms with Crippen molar-refractivity contribution in [3.8, 4) is 0 Å². The smallest absolute Gasteiger partial charge is 0.256 e. The van der Waals surface area contributed by atoms with E-state index in [1.807, 2.05) is 24.5 Å². The van der Waals surface area contributed by atoms with Crippen LogP contribution in [0.25, 0.3) is 11.1 Å². The molecule has 0 aliphatic heterocycles. The number of fused-ring (bicyclic) bond motifs is 1. The molecule has 0 unspecified atom stereocenters. The van der Waals surface area contributed by atoms with Gasteiger partial charge in [0.2, 0.25) is 0 Å². The summed E-state index contributed by atoms with van der Waals surface area (Å²) in [5, 5.41) is 0.691. The zero-order valence-corrected chi connectivity index (χ0v) is 8.10. The van der Waals surface area contributed by atoms with E-state index in [-0.39, 0.29) is 0 Å². The molecular formula is C9H10N2OS. The van der Waals surface area contributed by atoms with Gasteiger partial charge in [-0.25, -0.2) is 4.98 Å². The third-order valence-corrected chi connectivity index (χ3v) is 2.40. The Morgan fingerprint density at radius 2 is 2.38 bits per heavy atom. The number of para-hydroxylation sites is 1. The first-order chi connectivity index (χ1) is 6.35. The molecule has 0 aliphatic rings. The quantitative estimate of drug-likeness (QED) is 0.743. The van der Waals surface area contributed by atoms with E-state index in [0.717, 1.165) is 16.7 Å². The minimum atomic E-state index is 0.498. The van der Waals surface area contributed by atoms with Crippen molar-refractivity contribution in [2.75, 3.05) is 6.26 Å². The number of hydrogen-bond acceptors (Lipinski definition) is 4. The second-order valence-electron chi connectivity index (χ2n) is 2.65. The van der Waals surface area contributed by atoms with Crippen molar-refractivity contribution in [3.05, 3.63) is 23.8 Å². The van der Waals surface area contributed by atoms with E-state index in [0.29, 0.717) is 11.8 Å². The molecule has 0 fully saturated rings. The summed E-state index contributed by atoms with van der Waals surface area (Å²) in [6, 6.07) is 5.80. The van der Waals surface area contributed by atoms with Gasteiger partial charge in [0.1, 0.15) is 5.52 Å². The minimum absolute atomic E-state index is 0.498. The van der Waals surface area contributed by atoms with Crippen molar-refractivity contribution in [3.63, 3.8) is 0 Å². The highest BCUT2D eigenvalue weighted by molar-refractivity contribution is 7.98. The molecule has 2 N–H and O–H groups in total. The van der Waals surface area contributed by atoms with Crippen LogP contribution in [-0.4, -0.2) is 11.2 Å². The summed E-state index contributed by atoms with van der Waals surface area (Å²) < 4.78 is 5.46. The SMILES string of the molecule is CSc1nc2c(CN)cccc2o1. The highest BCUT2D eigenvalue weighted by Gasteiger charge is 2.06. The Hall–Kier alpha value is -1.00. The summed E-state index contributed by atoms with van der Waals surface area (Å²) in [5.41, 5.74) is 8.30. The Bertz CT molecular complexity index is 424. The van der Waals surface area contributed by atoms with Crippen LogP contribution < -0.4 is 5.73 Å². The van der Waals surface area contributed by atoms with Crippen LogP contribution in [0.4, 0.5) is 0 Å². The fraction of sp³-hybridized carbons (Fsp3) is 0.222. The van der Waals surface area contributed by atoms with Crippen LogP contribution in [-0.2, 0) is 6.54 Å². The van der Waals surface area contributed by atoms with E-state index in [4.69, 9.17) is 10.2 Å². The van der Waals surface area contributed by atoms with Crippen LogP contribution in [0.5, 0.6) is 0 Å². The number of benzene rings is 1. The summed E-state index contributed by atoms with van der Waals surface area (Å²) in [6.07, 6.45) is 1.94. The van der Waals surface area contributed by atoms with Gasteiger partial charge < -0.3 is 10.2 Å². The number of oxazole rings is 1. The molecule has 0 bridgehead atoms. The third kappa shape index (κ3) is 1.43. The molecule has 68 valence electrons. The Balaban J connectivity index is 2.67. The molecular weight excluding hydrogens is 184 g/mol. The zero-order valence-electron chi connectivity index (χ0n) is 7.28. The first-order valence-corrected chi connectivity index (χ1v) is 5.20. The van der Waals surface area contributed by atoms with Crippen LogP contribution >= 0.6 is 11.8 Å². The lowest BCUT2D eigenvalue weighted by atomic mass is 10.2. The molecule has 0 atom stereocenters. The predicted molar refractivity (Wildman–Crippen MR) is 53.7 cm³/mol. The minimum Gasteiger partial charge on any atom is -0.431 e. The Kier molecular flexibility index (Phi) is 2.24. The fourth-order valence-corrected chi connectivity index (χ4v) is 1.59. The van der Waals surface area contributed by atoms with Gasteiger partial charge in [0.05, 0.1) is 0 Å². The number of rotatable bonds is 2. The molecule has 1 heterocycles. The molecule has 4 heteroatoms. The first-order valence-electron chi connectivity index (χ1n) is 3.97. The van der Waals surface area contributed by atoms with Crippen molar-refractivity contribution in [2.45, 2.75) is 11.8 Å². The molecule has 1 aromatic heterocycles. The van der Waals surface area contributed by atoms with Gasteiger partial charge >= 0.3 is 0 Å². The molecule has 0 saturated carbocycles. The summed E-state index contributed by atoms with van der Waals surface area (Å²) in [7, 11) is 0. The maximum absolute atomic E-state index is 5.58. The Morgan fingerprint density at radius 3 is 3.08 bits per heavy atom. The number of hydrogen-bond donors (Lipinski definition) is 1. The molecule has 3 nitrogen and oxygen atoms in total. The average molecular weight is 194 g/mol. The van der Waals surface area contributed by atoms with Gasteiger partial charge in [0, 0.05) is 6.54 Å². The number of nitrogens with zero attached hydrogens (tertiary/aromatic N) is 1. The standard InChI is InChI=1S/C9H10N2OS/c1-13-9-11-8-6(5-10)3-2-4-7(8)12-9/h2-4H,5,10H2,1H3. The molecule has 1 aromatic carbocycles. The normalized spacial score (nSPS) is 10.9. The maximum Gasteiger partial charge on any atom is 0.256 e. The number of nitrogens with two attached hydrogens (primary N) is 1. The van der Waals surface area contributed by atoms with Crippen LogP contribution in [0.15, 0.2) is 27.8 Å². The largest absolute Gasteiger partial charge is 0.431 e. The molecule has 0 saturated heterocycles. The van der Waals surface area contributed by atoms with Crippen LogP contribution in [0.3, 0.4) is 0 Å². The molecule has 0 radical (unpaired) electrons. The fourth-order valence-electron chi connectivity index (χ4n) is 1.24. The number of thioether (sulfide) groups is 1. The molecule has 2 rings (SSSR count). The van der Waals surface area contributed by atoms with Gasteiger partial charge in [-0.3, -0.25) is 0 Å². The van der Waals surface area contributed by atoms with Crippen LogP contribution in [0.1, 0.15) is 5.56 Å². The van der Waals surface area contributed by atoms with Crippen molar-refractivity contribution < 1.29 is 4.42 Å². The lowest BCUT2D eigenvalue weighted by Crippen LogP contribution is -1.96. The second kappa shape index (κ2) is 3.40. The van der Waals surface area contributed by atoms with Crippen molar-refractivity contribution >= 4 is 22.9 Å². The average Bonchev–Trinajstić information content (AvgIpc) is 2.59. The van der Waals surface area contributed by atoms with E-state index in [1.165, 1.54) is 11.8 Å². The van der Waals surface area contributed by atoms with Gasteiger partial charge in [-0.2, -0.15) is 0 Å². The molecule has 2 aromatic rings. The van der Waals surface area contributed by atoms with E-state index in [9.17, 15) is 0 Å². The third-order valence-electron chi connectivity index (χ3n) is 1.88. The predicted octanol–water partition coefficient (Wildman–Crippen LogP) is 2.01. The van der Waals surface area contributed by atoms with Gasteiger partial charge in [0.25, 0.3) is 5.22 Å². The van der Waals surface area contributed by atoms with Crippen LogP contribution in [0.2, 0.25) is 0 Å². The molecule has 0 amide bonds. The summed E-state index contributed by atoms with van der Waals surface area (Å²) in [4.78, 5) is 4.32. The maximum atomic E-state index is 5.58. The van der Waals surface area contributed by atoms with Crippen molar-refractivity contribution in [1.29, 1.82) is 0 Å². The van der Waals surface area contributed by atoms with Crippen LogP contribution in [0, 0.1) is 0 Å². The van der Waals surface area contributed by atoms with E-state index >= 15 is 0 Å². The molecule has 0 spiro atoms. The first kappa shape index (κ1) is 8.59. The van der Waals surface area contributed by atoms with Gasteiger partial charge in [-0.05, 0) is 17.9 Å². The molecule has 0 aliphatic carbocycles. The lowest BCUT2D eigenvalue weighted by Gasteiger charge is -1.93. The summed E-state index contributed by atoms with van der Waals surface area (Å²) in [5.74, 6) is 0. The number of aromatic nitrogens is 1. The van der Waals surface area contributed by atoms with E-state index < -0.39 is 0 Å². The van der Waals surface area contributed by atoms with E-state index in [2.05, 4.69) is 4.98 Å². The summed E-state index contributed by atoms with van der Waals surface area (Å²) >= 11 is 1.50. The Morgan fingerprint density at radius 1 is 1.54 bits per heavy atom. The van der Waals surface area contributed by atoms with Gasteiger partial charge in [-0.1, -0.05) is 23.9 Å². The van der Waals surface area contributed by atoms with E-state index in [1.54, 1.807) is 0 Å². The topological polar surface area (TPSA) is 52.0 Å². The molecule has 13 heavy (non-hydrogen) atoms. The van der Waals surface area contributed by atoms with Gasteiger partial charge in [-0.15, -0.1) is 0 Å². The summed E-state index contributed by atoms with van der Waals surface area (Å²) in [6.45, 7) is 0.498. The lowest BCUT2D eigenvalue weighted by molar-refractivity contribution is 0.490. The zero-order chi connectivity index (χ0) is 9.26. The van der Waals surface area contributed by atoms with Gasteiger partial charge in [0.15, 0.2) is 5.58 Å². The van der Waals surface area contributed by atoms with Crippen molar-refractivity contribution in [2.24, 2.45) is 5.73 Å². The second-order valence-corrected chi connectivity index (χ2v) is 3.41. The van der Waals surface area contributed by atoms with Crippen molar-refractivity contribution in [1.82, 2.24) is 4.98 Å². The Labute approximate surface area is 80.3 Å². The monoisotopic (exact) mass is 194 g/mol. The highest BCUT2D eigenvalue weighted by Crippen LogP contribution is 2.23. The highest BCUT2D eigenvalue weighted by atomic mass is 32.2.